The largest absolute Gasteiger partial charge is 0.368 e. The maximum atomic E-state index is 4.40. The molecule has 0 unspecified atom stereocenters. The second kappa shape index (κ2) is 4.90. The van der Waals surface area contributed by atoms with Crippen molar-refractivity contribution >= 4 is 5.82 Å². The average molecular weight is 232 g/mol. The number of rotatable bonds is 4. The Hall–Kier alpha value is -1.98. The van der Waals surface area contributed by atoms with E-state index in [1.807, 2.05) is 25.5 Å². The van der Waals surface area contributed by atoms with Crippen LogP contribution in [-0.2, 0) is 13.5 Å². The van der Waals surface area contributed by atoms with E-state index < -0.39 is 0 Å². The molecule has 6 heteroatoms. The first-order valence-electron chi connectivity index (χ1n) is 5.54. The number of aryl methyl sites for hydroxylation is 3. The molecule has 90 valence electrons. The minimum Gasteiger partial charge on any atom is -0.368 e. The summed E-state index contributed by atoms with van der Waals surface area (Å²) < 4.78 is 1.91. The zero-order chi connectivity index (χ0) is 12.3. The van der Waals surface area contributed by atoms with Crippen LogP contribution >= 0.6 is 0 Å². The van der Waals surface area contributed by atoms with Crippen LogP contribution in [0.1, 0.15) is 17.2 Å². The van der Waals surface area contributed by atoms with Gasteiger partial charge >= 0.3 is 0 Å². The van der Waals surface area contributed by atoms with E-state index in [-0.39, 0.29) is 0 Å². The minimum absolute atomic E-state index is 0.768. The average Bonchev–Trinajstić information content (AvgIpc) is 2.70. The first kappa shape index (κ1) is 11.5. The first-order chi connectivity index (χ1) is 8.16. The molecule has 2 heterocycles. The Kier molecular flexibility index (Phi) is 3.32. The predicted octanol–water partition coefficient (Wildman–Crippen LogP) is 0.877. The van der Waals surface area contributed by atoms with Crippen LogP contribution in [0.4, 0.5) is 5.82 Å². The Bertz CT molecular complexity index is 504. The first-order valence-corrected chi connectivity index (χ1v) is 5.54. The Morgan fingerprint density at radius 3 is 2.76 bits per heavy atom. The SMILES string of the molecule is Cc1ncc(NCCc2nncn2C)nc1C. The minimum atomic E-state index is 0.768. The van der Waals surface area contributed by atoms with Crippen molar-refractivity contribution in [2.75, 3.05) is 11.9 Å². The van der Waals surface area contributed by atoms with Gasteiger partial charge in [-0.05, 0) is 13.8 Å². The summed E-state index contributed by atoms with van der Waals surface area (Å²) in [6.45, 7) is 4.67. The lowest BCUT2D eigenvalue weighted by atomic mass is 10.3. The standard InChI is InChI=1S/C11H16N6/c1-8-9(2)15-10(6-13-8)12-5-4-11-16-14-7-17(11)3/h6-7H,4-5H2,1-3H3,(H,12,15). The Morgan fingerprint density at radius 1 is 1.29 bits per heavy atom. The van der Waals surface area contributed by atoms with Gasteiger partial charge in [-0.3, -0.25) is 4.98 Å². The smallest absolute Gasteiger partial charge is 0.144 e. The van der Waals surface area contributed by atoms with E-state index in [2.05, 4.69) is 25.5 Å². The Labute approximate surface area is 100 Å². The molecule has 0 spiro atoms. The molecule has 0 radical (unpaired) electrons. The van der Waals surface area contributed by atoms with Crippen molar-refractivity contribution < 1.29 is 0 Å². The third kappa shape index (κ3) is 2.77. The van der Waals surface area contributed by atoms with Gasteiger partial charge in [0.15, 0.2) is 0 Å². The quantitative estimate of drug-likeness (QED) is 0.847. The van der Waals surface area contributed by atoms with Crippen LogP contribution in [0.2, 0.25) is 0 Å². The predicted molar refractivity (Wildman–Crippen MR) is 64.7 cm³/mol. The Morgan fingerprint density at radius 2 is 2.12 bits per heavy atom. The summed E-state index contributed by atoms with van der Waals surface area (Å²) >= 11 is 0. The maximum absolute atomic E-state index is 4.40. The molecule has 0 saturated carbocycles. The van der Waals surface area contributed by atoms with E-state index in [4.69, 9.17) is 0 Å². The summed E-state index contributed by atoms with van der Waals surface area (Å²) in [5.74, 6) is 1.75. The summed E-state index contributed by atoms with van der Waals surface area (Å²) in [5.41, 5.74) is 1.91. The van der Waals surface area contributed by atoms with E-state index in [0.717, 1.165) is 36.0 Å². The van der Waals surface area contributed by atoms with Crippen LogP contribution in [-0.4, -0.2) is 31.3 Å². The molecule has 0 atom stereocenters. The van der Waals surface area contributed by atoms with Crippen LogP contribution in [0.15, 0.2) is 12.5 Å². The summed E-state index contributed by atoms with van der Waals surface area (Å²) in [7, 11) is 1.94. The third-order valence-corrected chi connectivity index (χ3v) is 2.65. The molecule has 2 aromatic rings. The molecule has 17 heavy (non-hydrogen) atoms. The number of anilines is 1. The topological polar surface area (TPSA) is 68.5 Å². The highest BCUT2D eigenvalue weighted by molar-refractivity contribution is 5.33. The van der Waals surface area contributed by atoms with Gasteiger partial charge in [0.2, 0.25) is 0 Å². The molecule has 6 nitrogen and oxygen atoms in total. The van der Waals surface area contributed by atoms with E-state index in [1.54, 1.807) is 12.5 Å². The molecule has 0 fully saturated rings. The van der Waals surface area contributed by atoms with E-state index in [0.29, 0.717) is 0 Å². The molecule has 0 amide bonds. The molecule has 1 N–H and O–H groups in total. The fourth-order valence-electron chi connectivity index (χ4n) is 1.46. The number of nitrogens with one attached hydrogen (secondary N) is 1. The van der Waals surface area contributed by atoms with Crippen molar-refractivity contribution in [1.82, 2.24) is 24.7 Å². The number of hydrogen-bond acceptors (Lipinski definition) is 5. The summed E-state index contributed by atoms with van der Waals surface area (Å²) in [4.78, 5) is 8.65. The molecule has 0 aliphatic rings. The molecule has 0 aliphatic carbocycles. The van der Waals surface area contributed by atoms with E-state index in [9.17, 15) is 0 Å². The molecular formula is C11H16N6. The van der Waals surface area contributed by atoms with Crippen LogP contribution in [0.25, 0.3) is 0 Å². The Balaban J connectivity index is 1.90. The van der Waals surface area contributed by atoms with Gasteiger partial charge in [-0.15, -0.1) is 10.2 Å². The number of nitrogens with zero attached hydrogens (tertiary/aromatic N) is 5. The molecule has 0 saturated heterocycles. The maximum Gasteiger partial charge on any atom is 0.144 e. The van der Waals surface area contributed by atoms with Gasteiger partial charge in [-0.1, -0.05) is 0 Å². The monoisotopic (exact) mass is 232 g/mol. The molecule has 2 rings (SSSR count). The fraction of sp³-hybridized carbons (Fsp3) is 0.455. The van der Waals surface area contributed by atoms with Crippen LogP contribution in [0.5, 0.6) is 0 Å². The summed E-state index contributed by atoms with van der Waals surface area (Å²) in [5, 5.41) is 11.1. The van der Waals surface area contributed by atoms with Gasteiger partial charge in [0, 0.05) is 20.0 Å². The van der Waals surface area contributed by atoms with Crippen molar-refractivity contribution in [2.24, 2.45) is 7.05 Å². The molecular weight excluding hydrogens is 216 g/mol. The number of hydrogen-bond donors (Lipinski definition) is 1. The highest BCUT2D eigenvalue weighted by Crippen LogP contribution is 2.05. The van der Waals surface area contributed by atoms with Gasteiger partial charge < -0.3 is 9.88 Å². The lowest BCUT2D eigenvalue weighted by Gasteiger charge is -2.06. The molecule has 0 bridgehead atoms. The van der Waals surface area contributed by atoms with Crippen molar-refractivity contribution in [3.05, 3.63) is 29.7 Å². The van der Waals surface area contributed by atoms with Gasteiger partial charge in [0.25, 0.3) is 0 Å². The van der Waals surface area contributed by atoms with Crippen LogP contribution in [0, 0.1) is 13.8 Å². The lowest BCUT2D eigenvalue weighted by Crippen LogP contribution is -2.10. The lowest BCUT2D eigenvalue weighted by molar-refractivity contribution is 0.786. The highest BCUT2D eigenvalue weighted by Gasteiger charge is 2.02. The third-order valence-electron chi connectivity index (χ3n) is 2.65. The van der Waals surface area contributed by atoms with Gasteiger partial charge in [-0.25, -0.2) is 4.98 Å². The van der Waals surface area contributed by atoms with Crippen LogP contribution < -0.4 is 5.32 Å². The van der Waals surface area contributed by atoms with E-state index in [1.165, 1.54) is 0 Å². The molecule has 0 aromatic carbocycles. The summed E-state index contributed by atoms with van der Waals surface area (Å²) in [6.07, 6.45) is 4.26. The van der Waals surface area contributed by atoms with Crippen molar-refractivity contribution in [3.8, 4) is 0 Å². The zero-order valence-corrected chi connectivity index (χ0v) is 10.3. The highest BCUT2D eigenvalue weighted by atomic mass is 15.2. The molecule has 2 aromatic heterocycles. The van der Waals surface area contributed by atoms with E-state index >= 15 is 0 Å². The van der Waals surface area contributed by atoms with Crippen molar-refractivity contribution in [2.45, 2.75) is 20.3 Å². The van der Waals surface area contributed by atoms with Crippen LogP contribution in [0.3, 0.4) is 0 Å². The van der Waals surface area contributed by atoms with Gasteiger partial charge in [0.05, 0.1) is 17.6 Å². The second-order valence-corrected chi connectivity index (χ2v) is 3.96. The fourth-order valence-corrected chi connectivity index (χ4v) is 1.46. The molecule has 0 aliphatic heterocycles. The zero-order valence-electron chi connectivity index (χ0n) is 10.3. The van der Waals surface area contributed by atoms with Crippen molar-refractivity contribution in [1.29, 1.82) is 0 Å². The second-order valence-electron chi connectivity index (χ2n) is 3.96. The summed E-state index contributed by atoms with van der Waals surface area (Å²) in [6, 6.07) is 0. The van der Waals surface area contributed by atoms with Crippen molar-refractivity contribution in [3.63, 3.8) is 0 Å². The number of aromatic nitrogens is 5. The van der Waals surface area contributed by atoms with Gasteiger partial charge in [-0.2, -0.15) is 0 Å². The van der Waals surface area contributed by atoms with Gasteiger partial charge in [0.1, 0.15) is 18.0 Å². The normalized spacial score (nSPS) is 10.5.